The molecule has 5 rings (SSSR count). The van der Waals surface area contributed by atoms with E-state index in [4.69, 9.17) is 9.41 Å². The summed E-state index contributed by atoms with van der Waals surface area (Å²) in [4.78, 5) is 4.84. The Morgan fingerprint density at radius 3 is 2.55 bits per heavy atom. The summed E-state index contributed by atoms with van der Waals surface area (Å²) < 4.78 is 5.84. The first kappa shape index (κ1) is 17.9. The van der Waals surface area contributed by atoms with Gasteiger partial charge in [0.25, 0.3) is 0 Å². The summed E-state index contributed by atoms with van der Waals surface area (Å²) in [6, 6.07) is 18.0. The van der Waals surface area contributed by atoms with Gasteiger partial charge in [0.05, 0.1) is 5.71 Å². The average molecular weight is 389 g/mol. The molecule has 1 aromatic heterocycles. The minimum atomic E-state index is -0.959. The highest BCUT2D eigenvalue weighted by Gasteiger charge is 2.28. The molecule has 7 nitrogen and oxygen atoms in total. The lowest BCUT2D eigenvalue weighted by Gasteiger charge is -2.19. The summed E-state index contributed by atoms with van der Waals surface area (Å²) >= 11 is 0. The monoisotopic (exact) mass is 389 g/mol. The number of nitrogens with one attached hydrogen (secondary N) is 2. The molecule has 1 saturated carbocycles. The smallest absolute Gasteiger partial charge is 0.317 e. The van der Waals surface area contributed by atoms with Crippen molar-refractivity contribution in [3.8, 4) is 0 Å². The molecule has 29 heavy (non-hydrogen) atoms. The maximum atomic E-state index is 10.8. The first-order valence-corrected chi connectivity index (χ1v) is 10.0. The molecule has 2 aromatic carbocycles. The number of hydrogen-bond donors (Lipinski definition) is 3. The van der Waals surface area contributed by atoms with E-state index in [2.05, 4.69) is 20.8 Å². The molecule has 0 spiro atoms. The SMILES string of the molecule is OC1Nc2ccccc2C(c2ccccc2)=NC1Nc1nnc(C2CCCC2)o1. The van der Waals surface area contributed by atoms with E-state index in [0.717, 1.165) is 35.4 Å². The third-order valence-electron chi connectivity index (χ3n) is 5.52. The number of anilines is 2. The van der Waals surface area contributed by atoms with Gasteiger partial charge in [0.2, 0.25) is 5.89 Å². The summed E-state index contributed by atoms with van der Waals surface area (Å²) in [7, 11) is 0. The zero-order valence-corrected chi connectivity index (χ0v) is 16.0. The summed E-state index contributed by atoms with van der Waals surface area (Å²) in [6.45, 7) is 0. The standard InChI is InChI=1S/C22H23N5O2/c28-20-19(25-22-27-26-21(29-22)15-10-4-5-11-15)24-18(14-8-2-1-3-9-14)16-12-6-7-13-17(16)23-20/h1-3,6-9,12-13,15,19-20,23,28H,4-5,10-11H2,(H,25,27). The molecule has 1 aliphatic carbocycles. The average Bonchev–Trinajstić information content (AvgIpc) is 3.42. The van der Waals surface area contributed by atoms with Crippen molar-refractivity contribution in [1.29, 1.82) is 0 Å². The van der Waals surface area contributed by atoms with Crippen LogP contribution in [0.5, 0.6) is 0 Å². The van der Waals surface area contributed by atoms with Crippen molar-refractivity contribution in [3.63, 3.8) is 0 Å². The zero-order chi connectivity index (χ0) is 19.6. The number of aromatic nitrogens is 2. The van der Waals surface area contributed by atoms with Crippen molar-refractivity contribution in [3.05, 3.63) is 71.6 Å². The Hall–Kier alpha value is -3.19. The summed E-state index contributed by atoms with van der Waals surface area (Å²) in [6.07, 6.45) is 2.92. The number of rotatable bonds is 4. The molecular weight excluding hydrogens is 366 g/mol. The van der Waals surface area contributed by atoms with E-state index in [1.165, 1.54) is 12.8 Å². The van der Waals surface area contributed by atoms with Crippen LogP contribution in [0.1, 0.15) is 48.6 Å². The van der Waals surface area contributed by atoms with Gasteiger partial charge >= 0.3 is 6.01 Å². The maximum absolute atomic E-state index is 10.8. The molecule has 148 valence electrons. The zero-order valence-electron chi connectivity index (χ0n) is 16.0. The van der Waals surface area contributed by atoms with Gasteiger partial charge in [-0.1, -0.05) is 66.5 Å². The van der Waals surface area contributed by atoms with Crippen LogP contribution in [-0.2, 0) is 0 Å². The topological polar surface area (TPSA) is 95.6 Å². The second-order valence-electron chi connectivity index (χ2n) is 7.49. The number of benzodiazepines with no additional fused rings is 1. The molecule has 2 atom stereocenters. The fourth-order valence-electron chi connectivity index (χ4n) is 4.03. The Morgan fingerprint density at radius 1 is 0.966 bits per heavy atom. The summed E-state index contributed by atoms with van der Waals surface area (Å²) in [5.74, 6) is 1.000. The van der Waals surface area contributed by atoms with Gasteiger partial charge in [-0.05, 0) is 18.9 Å². The Kier molecular flexibility index (Phi) is 4.73. The molecule has 3 N–H and O–H groups in total. The number of nitrogens with zero attached hydrogens (tertiary/aromatic N) is 3. The third-order valence-corrected chi connectivity index (χ3v) is 5.52. The van der Waals surface area contributed by atoms with E-state index in [1.54, 1.807) is 0 Å². The Bertz CT molecular complexity index is 1010. The molecule has 2 unspecified atom stereocenters. The van der Waals surface area contributed by atoms with Crippen LogP contribution >= 0.6 is 0 Å². The van der Waals surface area contributed by atoms with Gasteiger partial charge in [0.1, 0.15) is 0 Å². The molecule has 1 aliphatic heterocycles. The van der Waals surface area contributed by atoms with E-state index in [1.807, 2.05) is 54.6 Å². The Balaban J connectivity index is 1.48. The quantitative estimate of drug-likeness (QED) is 0.629. The number of aliphatic hydroxyl groups excluding tert-OH is 1. The molecule has 2 aliphatic rings. The van der Waals surface area contributed by atoms with Gasteiger partial charge in [-0.3, -0.25) is 4.99 Å². The number of para-hydroxylation sites is 1. The fourth-order valence-corrected chi connectivity index (χ4v) is 4.03. The number of benzene rings is 2. The molecule has 0 saturated heterocycles. The van der Waals surface area contributed by atoms with Gasteiger partial charge in [-0.25, -0.2) is 0 Å². The molecule has 3 aromatic rings. The number of aliphatic imine (C=N–C) groups is 1. The van der Waals surface area contributed by atoms with Crippen molar-refractivity contribution in [2.75, 3.05) is 10.6 Å². The molecule has 2 heterocycles. The highest BCUT2D eigenvalue weighted by Crippen LogP contribution is 2.34. The van der Waals surface area contributed by atoms with E-state index < -0.39 is 12.4 Å². The second-order valence-corrected chi connectivity index (χ2v) is 7.49. The van der Waals surface area contributed by atoms with Crippen molar-refractivity contribution < 1.29 is 9.52 Å². The molecule has 7 heteroatoms. The lowest BCUT2D eigenvalue weighted by atomic mass is 10.0. The minimum absolute atomic E-state index is 0.278. The third kappa shape index (κ3) is 3.61. The lowest BCUT2D eigenvalue weighted by Crippen LogP contribution is -2.37. The van der Waals surface area contributed by atoms with Crippen LogP contribution in [0.25, 0.3) is 0 Å². The Labute approximate surface area is 168 Å². The Morgan fingerprint density at radius 2 is 1.72 bits per heavy atom. The molecule has 1 fully saturated rings. The van der Waals surface area contributed by atoms with Gasteiger partial charge in [-0.15, -0.1) is 5.10 Å². The predicted molar refractivity (Wildman–Crippen MR) is 111 cm³/mol. The fraction of sp³-hybridized carbons (Fsp3) is 0.318. The van der Waals surface area contributed by atoms with Crippen LogP contribution < -0.4 is 10.6 Å². The van der Waals surface area contributed by atoms with E-state index in [9.17, 15) is 5.11 Å². The summed E-state index contributed by atoms with van der Waals surface area (Å²) in [5.41, 5.74) is 3.52. The van der Waals surface area contributed by atoms with E-state index >= 15 is 0 Å². The maximum Gasteiger partial charge on any atom is 0.317 e. The van der Waals surface area contributed by atoms with Crippen molar-refractivity contribution in [1.82, 2.24) is 10.2 Å². The van der Waals surface area contributed by atoms with Crippen LogP contribution in [0, 0.1) is 0 Å². The first-order valence-electron chi connectivity index (χ1n) is 10.0. The predicted octanol–water partition coefficient (Wildman–Crippen LogP) is 3.75. The number of fused-ring (bicyclic) bond motifs is 1. The van der Waals surface area contributed by atoms with Crippen molar-refractivity contribution >= 4 is 17.4 Å². The second kappa shape index (κ2) is 7.67. The van der Waals surface area contributed by atoms with Gasteiger partial charge < -0.3 is 20.2 Å². The normalized spacial score (nSPS) is 21.8. The van der Waals surface area contributed by atoms with Gasteiger partial charge in [0, 0.05) is 22.7 Å². The van der Waals surface area contributed by atoms with Crippen LogP contribution in [0.15, 0.2) is 64.0 Å². The summed E-state index contributed by atoms with van der Waals surface area (Å²) in [5, 5.41) is 25.4. The van der Waals surface area contributed by atoms with Gasteiger partial charge in [0.15, 0.2) is 12.4 Å². The highest BCUT2D eigenvalue weighted by atomic mass is 16.4. The first-order chi connectivity index (χ1) is 14.3. The largest absolute Gasteiger partial charge is 0.408 e. The molecule has 0 bridgehead atoms. The number of hydrogen-bond acceptors (Lipinski definition) is 7. The van der Waals surface area contributed by atoms with Crippen molar-refractivity contribution in [2.45, 2.75) is 44.0 Å². The molecule has 0 amide bonds. The van der Waals surface area contributed by atoms with Crippen LogP contribution in [0.4, 0.5) is 11.7 Å². The van der Waals surface area contributed by atoms with Crippen LogP contribution in [0.3, 0.4) is 0 Å². The van der Waals surface area contributed by atoms with Crippen molar-refractivity contribution in [2.24, 2.45) is 4.99 Å². The van der Waals surface area contributed by atoms with E-state index in [0.29, 0.717) is 11.8 Å². The lowest BCUT2D eigenvalue weighted by molar-refractivity contribution is 0.182. The molecule has 0 radical (unpaired) electrons. The highest BCUT2D eigenvalue weighted by molar-refractivity contribution is 6.16. The minimum Gasteiger partial charge on any atom is -0.408 e. The van der Waals surface area contributed by atoms with Crippen LogP contribution in [-0.4, -0.2) is 33.4 Å². The molecular formula is C22H23N5O2. The van der Waals surface area contributed by atoms with Crippen LogP contribution in [0.2, 0.25) is 0 Å². The number of aliphatic hydroxyl groups is 1. The van der Waals surface area contributed by atoms with E-state index in [-0.39, 0.29) is 6.01 Å². The van der Waals surface area contributed by atoms with Gasteiger partial charge in [-0.2, -0.15) is 0 Å².